The number of hydrogen-bond acceptors (Lipinski definition) is 8. The number of hydrogen-bond donors (Lipinski definition) is 7. The Morgan fingerprint density at radius 2 is 1.86 bits per heavy atom. The lowest BCUT2D eigenvalue weighted by Gasteiger charge is -2.32. The number of aldehydes is 1. The van der Waals surface area contributed by atoms with Crippen LogP contribution in [-0.2, 0) is 9.59 Å². The zero-order valence-corrected chi connectivity index (χ0v) is 11.7. The van der Waals surface area contributed by atoms with Crippen LogP contribution in [0.2, 0.25) is 0 Å². The Morgan fingerprint density at radius 1 is 1.24 bits per heavy atom. The van der Waals surface area contributed by atoms with Crippen molar-refractivity contribution < 1.29 is 35.1 Å². The number of nitrogens with two attached hydrogens (primary N) is 1. The maximum absolute atomic E-state index is 11.6. The number of aliphatic hydroxyl groups is 5. The Kier molecular flexibility index (Phi) is 9.26. The molecule has 0 heterocycles. The van der Waals surface area contributed by atoms with Gasteiger partial charge in [0, 0.05) is 6.42 Å². The van der Waals surface area contributed by atoms with Crippen LogP contribution in [0.5, 0.6) is 0 Å². The third-order valence-electron chi connectivity index (χ3n) is 2.98. The largest absolute Gasteiger partial charge is 0.394 e. The Hall–Kier alpha value is -1.10. The molecule has 21 heavy (non-hydrogen) atoms. The summed E-state index contributed by atoms with van der Waals surface area (Å²) in [6.07, 6.45) is -4.21. The van der Waals surface area contributed by atoms with Crippen LogP contribution in [0.3, 0.4) is 0 Å². The number of unbranched alkanes of at least 4 members (excludes halogenated alkanes) is 2. The van der Waals surface area contributed by atoms with Crippen molar-refractivity contribution in [2.45, 2.75) is 49.7 Å². The fourth-order valence-corrected chi connectivity index (χ4v) is 1.64. The van der Waals surface area contributed by atoms with Crippen molar-refractivity contribution in [3.63, 3.8) is 0 Å². The molecule has 0 spiro atoms. The van der Waals surface area contributed by atoms with E-state index in [2.05, 4.69) is 0 Å². The van der Waals surface area contributed by atoms with Crippen LogP contribution in [0, 0.1) is 0 Å². The van der Waals surface area contributed by atoms with Crippen LogP contribution in [-0.4, -0.2) is 74.9 Å². The molecule has 1 amide bonds. The Balaban J connectivity index is 4.57. The standard InChI is InChI=1S/C12H24N2O7/c13-5-3-1-2-4-9(18)14-12(21,7-16)11(20)10(19)8(17)6-15/h7-8,10-11,15,17,19-21H,1-6,13H2,(H,14,18)/t8-,10+,11+,12+/m1/s1. The van der Waals surface area contributed by atoms with Gasteiger partial charge in [-0.3, -0.25) is 9.59 Å². The summed E-state index contributed by atoms with van der Waals surface area (Å²) >= 11 is 0. The van der Waals surface area contributed by atoms with Gasteiger partial charge in [0.2, 0.25) is 11.6 Å². The molecule has 4 atom stereocenters. The van der Waals surface area contributed by atoms with Gasteiger partial charge in [0.25, 0.3) is 0 Å². The molecule has 0 aliphatic carbocycles. The SMILES string of the molecule is NCCCCCC(=O)N[C@](O)(C=O)[C@@H](O)[C@@H](O)[C@H](O)CO. The lowest BCUT2D eigenvalue weighted by Crippen LogP contribution is -2.63. The highest BCUT2D eigenvalue weighted by Crippen LogP contribution is 2.12. The molecule has 8 N–H and O–H groups in total. The Bertz CT molecular complexity index is 329. The lowest BCUT2D eigenvalue weighted by atomic mass is 9.98. The Morgan fingerprint density at radius 3 is 2.33 bits per heavy atom. The predicted octanol–water partition coefficient (Wildman–Crippen LogP) is -3.42. The summed E-state index contributed by atoms with van der Waals surface area (Å²) in [6.45, 7) is -0.399. The molecule has 9 nitrogen and oxygen atoms in total. The van der Waals surface area contributed by atoms with Gasteiger partial charge in [-0.1, -0.05) is 6.42 Å². The first-order valence-corrected chi connectivity index (χ1v) is 6.67. The summed E-state index contributed by atoms with van der Waals surface area (Å²) in [5.74, 6) is -0.702. The second kappa shape index (κ2) is 9.77. The molecule has 0 aromatic carbocycles. The van der Waals surface area contributed by atoms with Gasteiger partial charge >= 0.3 is 0 Å². The highest BCUT2D eigenvalue weighted by molar-refractivity contribution is 5.81. The molecule has 0 fully saturated rings. The molecule has 0 bridgehead atoms. The van der Waals surface area contributed by atoms with Crippen LogP contribution >= 0.6 is 0 Å². The number of aliphatic hydroxyl groups excluding tert-OH is 4. The second-order valence-corrected chi connectivity index (χ2v) is 4.78. The first kappa shape index (κ1) is 19.9. The molecule has 0 saturated carbocycles. The minimum absolute atomic E-state index is 0.00151. The van der Waals surface area contributed by atoms with Gasteiger partial charge in [-0.05, 0) is 19.4 Å². The van der Waals surface area contributed by atoms with E-state index >= 15 is 0 Å². The number of amides is 1. The van der Waals surface area contributed by atoms with E-state index in [0.717, 1.165) is 6.42 Å². The van der Waals surface area contributed by atoms with Crippen molar-refractivity contribution >= 4 is 12.2 Å². The molecule has 0 aromatic rings. The maximum Gasteiger partial charge on any atom is 0.224 e. The molecule has 0 saturated heterocycles. The molecular formula is C12H24N2O7. The quantitative estimate of drug-likeness (QED) is 0.117. The van der Waals surface area contributed by atoms with E-state index in [0.29, 0.717) is 19.4 Å². The fourth-order valence-electron chi connectivity index (χ4n) is 1.64. The normalized spacial score (nSPS) is 18.4. The van der Waals surface area contributed by atoms with E-state index < -0.39 is 36.6 Å². The average Bonchev–Trinajstić information content (AvgIpc) is 2.48. The van der Waals surface area contributed by atoms with Gasteiger partial charge < -0.3 is 36.6 Å². The summed E-state index contributed by atoms with van der Waals surface area (Å²) in [4.78, 5) is 22.5. The van der Waals surface area contributed by atoms with Crippen molar-refractivity contribution in [2.75, 3.05) is 13.2 Å². The topological polar surface area (TPSA) is 173 Å². The number of rotatable bonds is 11. The molecule has 0 aliphatic heterocycles. The Labute approximate surface area is 122 Å². The number of carbonyl (C=O) groups is 2. The van der Waals surface area contributed by atoms with Crippen molar-refractivity contribution in [1.82, 2.24) is 5.32 Å². The predicted molar refractivity (Wildman–Crippen MR) is 71.8 cm³/mol. The lowest BCUT2D eigenvalue weighted by molar-refractivity contribution is -0.176. The molecule has 0 rings (SSSR count). The first-order valence-electron chi connectivity index (χ1n) is 6.67. The fraction of sp³-hybridized carbons (Fsp3) is 0.833. The zero-order chi connectivity index (χ0) is 16.5. The summed E-state index contributed by atoms with van der Waals surface area (Å²) in [7, 11) is 0. The monoisotopic (exact) mass is 308 g/mol. The van der Waals surface area contributed by atoms with Crippen molar-refractivity contribution in [1.29, 1.82) is 0 Å². The number of nitrogens with one attached hydrogen (secondary N) is 1. The minimum atomic E-state index is -2.75. The third-order valence-corrected chi connectivity index (χ3v) is 2.98. The van der Waals surface area contributed by atoms with Gasteiger partial charge in [0.05, 0.1) is 6.61 Å². The van der Waals surface area contributed by atoms with Gasteiger partial charge in [0.15, 0.2) is 6.29 Å². The highest BCUT2D eigenvalue weighted by atomic mass is 16.4. The molecule has 0 unspecified atom stereocenters. The smallest absolute Gasteiger partial charge is 0.224 e. The molecule has 9 heteroatoms. The minimum Gasteiger partial charge on any atom is -0.394 e. The van der Waals surface area contributed by atoms with E-state index in [1.807, 2.05) is 5.32 Å². The average molecular weight is 308 g/mol. The first-order chi connectivity index (χ1) is 9.82. The highest BCUT2D eigenvalue weighted by Gasteiger charge is 2.43. The van der Waals surface area contributed by atoms with Crippen LogP contribution in [0.25, 0.3) is 0 Å². The van der Waals surface area contributed by atoms with Crippen molar-refractivity contribution in [3.8, 4) is 0 Å². The summed E-state index contributed by atoms with van der Waals surface area (Å²) in [5.41, 5.74) is 2.54. The zero-order valence-electron chi connectivity index (χ0n) is 11.7. The molecule has 0 aromatic heterocycles. The van der Waals surface area contributed by atoms with Crippen molar-refractivity contribution in [3.05, 3.63) is 0 Å². The molecular weight excluding hydrogens is 284 g/mol. The second-order valence-electron chi connectivity index (χ2n) is 4.78. The van der Waals surface area contributed by atoms with E-state index in [1.54, 1.807) is 0 Å². The van der Waals surface area contributed by atoms with Gasteiger partial charge in [-0.15, -0.1) is 0 Å². The summed E-state index contributed by atoms with van der Waals surface area (Å²) in [6, 6.07) is 0. The van der Waals surface area contributed by atoms with E-state index in [1.165, 1.54) is 0 Å². The van der Waals surface area contributed by atoms with Gasteiger partial charge in [-0.2, -0.15) is 0 Å². The molecule has 0 aliphatic rings. The van der Waals surface area contributed by atoms with Gasteiger partial charge in [-0.25, -0.2) is 0 Å². The van der Waals surface area contributed by atoms with E-state index in [4.69, 9.17) is 10.8 Å². The van der Waals surface area contributed by atoms with Crippen molar-refractivity contribution in [2.24, 2.45) is 5.73 Å². The van der Waals surface area contributed by atoms with Gasteiger partial charge in [0.1, 0.15) is 18.3 Å². The molecule has 124 valence electrons. The van der Waals surface area contributed by atoms with Crippen LogP contribution in [0.1, 0.15) is 25.7 Å². The van der Waals surface area contributed by atoms with Crippen LogP contribution in [0.4, 0.5) is 0 Å². The maximum atomic E-state index is 11.6. The van der Waals surface area contributed by atoms with E-state index in [-0.39, 0.29) is 12.7 Å². The van der Waals surface area contributed by atoms with Crippen LogP contribution in [0.15, 0.2) is 0 Å². The van der Waals surface area contributed by atoms with Crippen LogP contribution < -0.4 is 11.1 Å². The third kappa shape index (κ3) is 6.46. The number of carbonyl (C=O) groups excluding carboxylic acids is 2. The summed E-state index contributed by atoms with van der Waals surface area (Å²) in [5, 5.41) is 48.7. The summed E-state index contributed by atoms with van der Waals surface area (Å²) < 4.78 is 0. The van der Waals surface area contributed by atoms with E-state index in [9.17, 15) is 30.0 Å². The molecule has 0 radical (unpaired) electrons.